The van der Waals surface area contributed by atoms with Crippen LogP contribution in [0.15, 0.2) is 18.2 Å². The average molecular weight is 310 g/mol. The summed E-state index contributed by atoms with van der Waals surface area (Å²) in [6.45, 7) is 13.0. The first-order valence-electron chi connectivity index (χ1n) is 7.89. The molecule has 0 spiro atoms. The Morgan fingerprint density at radius 2 is 1.95 bits per heavy atom. The van der Waals surface area contributed by atoms with Gasteiger partial charge in [0.05, 0.1) is 0 Å². The Morgan fingerprint density at radius 1 is 1.24 bits per heavy atom. The van der Waals surface area contributed by atoms with Gasteiger partial charge in [-0.15, -0.1) is 0 Å². The van der Waals surface area contributed by atoms with Crippen molar-refractivity contribution in [1.82, 2.24) is 5.32 Å². The van der Waals surface area contributed by atoms with Gasteiger partial charge in [-0.2, -0.15) is 0 Å². The highest BCUT2D eigenvalue weighted by atomic mass is 28.4. The van der Waals surface area contributed by atoms with Gasteiger partial charge in [-0.25, -0.2) is 4.39 Å². The Bertz CT molecular complexity index is 490. The first-order chi connectivity index (χ1) is 9.69. The Morgan fingerprint density at radius 3 is 2.52 bits per heavy atom. The van der Waals surface area contributed by atoms with E-state index in [-0.39, 0.29) is 10.9 Å². The minimum absolute atomic E-state index is 0.117. The smallest absolute Gasteiger partial charge is 0.250 e. The number of piperidine rings is 1. The highest BCUT2D eigenvalue weighted by molar-refractivity contribution is 6.74. The fraction of sp³-hybridized carbons (Fsp3) is 0.647. The van der Waals surface area contributed by atoms with Gasteiger partial charge in [0.15, 0.2) is 0 Å². The van der Waals surface area contributed by atoms with Crippen molar-refractivity contribution in [2.45, 2.75) is 57.7 Å². The molecule has 0 saturated carbocycles. The molecule has 2 rings (SSSR count). The van der Waals surface area contributed by atoms with E-state index in [1.165, 1.54) is 6.07 Å². The van der Waals surface area contributed by atoms with Crippen molar-refractivity contribution >= 4 is 8.32 Å². The van der Waals surface area contributed by atoms with E-state index in [9.17, 15) is 4.39 Å². The van der Waals surface area contributed by atoms with E-state index in [1.54, 1.807) is 6.07 Å². The SMILES string of the molecule is CC(C)(C)[Si](C)(C)Oc1cc(F)cc(C2CCCNC2)c1. The van der Waals surface area contributed by atoms with Crippen LogP contribution in [-0.4, -0.2) is 21.4 Å². The topological polar surface area (TPSA) is 21.3 Å². The lowest BCUT2D eigenvalue weighted by atomic mass is 9.91. The van der Waals surface area contributed by atoms with Crippen LogP contribution in [0, 0.1) is 5.82 Å². The van der Waals surface area contributed by atoms with Gasteiger partial charge in [0, 0.05) is 12.6 Å². The molecule has 0 radical (unpaired) electrons. The van der Waals surface area contributed by atoms with Crippen LogP contribution in [-0.2, 0) is 0 Å². The Balaban J connectivity index is 2.22. The molecule has 1 aliphatic rings. The summed E-state index contributed by atoms with van der Waals surface area (Å²) >= 11 is 0. The van der Waals surface area contributed by atoms with Crippen molar-refractivity contribution in [3.05, 3.63) is 29.6 Å². The van der Waals surface area contributed by atoms with Crippen LogP contribution in [0.5, 0.6) is 5.75 Å². The van der Waals surface area contributed by atoms with Crippen molar-refractivity contribution in [2.75, 3.05) is 13.1 Å². The summed E-state index contributed by atoms with van der Waals surface area (Å²) in [6.07, 6.45) is 2.27. The standard InChI is InChI=1S/C17H28FNOSi/c1-17(2,3)21(4,5)20-16-10-14(9-15(18)11-16)13-7-6-8-19-12-13/h9-11,13,19H,6-8,12H2,1-5H3. The Hall–Kier alpha value is -0.873. The van der Waals surface area contributed by atoms with E-state index in [1.807, 2.05) is 6.07 Å². The summed E-state index contributed by atoms with van der Waals surface area (Å²) in [5, 5.41) is 3.51. The van der Waals surface area contributed by atoms with E-state index in [2.05, 4.69) is 39.2 Å². The lowest BCUT2D eigenvalue weighted by Crippen LogP contribution is -2.43. The van der Waals surface area contributed by atoms with Crippen LogP contribution in [0.4, 0.5) is 4.39 Å². The van der Waals surface area contributed by atoms with Crippen LogP contribution < -0.4 is 9.74 Å². The van der Waals surface area contributed by atoms with Gasteiger partial charge in [-0.05, 0) is 61.1 Å². The molecule has 1 atom stereocenters. The molecule has 0 aromatic heterocycles. The molecule has 118 valence electrons. The molecule has 1 unspecified atom stereocenters. The maximum Gasteiger partial charge on any atom is 0.250 e. The maximum atomic E-state index is 14.0. The molecule has 1 fully saturated rings. The van der Waals surface area contributed by atoms with E-state index in [4.69, 9.17) is 4.43 Å². The number of hydrogen-bond donors (Lipinski definition) is 1. The molecular weight excluding hydrogens is 281 g/mol. The van der Waals surface area contributed by atoms with Crippen molar-refractivity contribution < 1.29 is 8.82 Å². The number of hydrogen-bond acceptors (Lipinski definition) is 2. The molecule has 21 heavy (non-hydrogen) atoms. The van der Waals surface area contributed by atoms with E-state index in [0.717, 1.165) is 31.5 Å². The zero-order valence-corrected chi connectivity index (χ0v) is 14.9. The van der Waals surface area contributed by atoms with Gasteiger partial charge < -0.3 is 9.74 Å². The zero-order valence-electron chi connectivity index (χ0n) is 13.9. The van der Waals surface area contributed by atoms with Crippen LogP contribution in [0.25, 0.3) is 0 Å². The zero-order chi connectivity index (χ0) is 15.7. The molecule has 0 aliphatic carbocycles. The largest absolute Gasteiger partial charge is 0.543 e. The second-order valence-corrected chi connectivity index (χ2v) is 12.4. The number of nitrogens with one attached hydrogen (secondary N) is 1. The number of rotatable bonds is 3. The summed E-state index contributed by atoms with van der Waals surface area (Å²) in [5.41, 5.74) is 1.07. The molecule has 4 heteroatoms. The van der Waals surface area contributed by atoms with Crippen molar-refractivity contribution in [1.29, 1.82) is 0 Å². The summed E-state index contributed by atoms with van der Waals surface area (Å²) in [6, 6.07) is 5.23. The monoisotopic (exact) mass is 309 g/mol. The van der Waals surface area contributed by atoms with Crippen LogP contribution in [0.3, 0.4) is 0 Å². The fourth-order valence-electron chi connectivity index (χ4n) is 2.46. The predicted molar refractivity (Wildman–Crippen MR) is 89.1 cm³/mol. The second kappa shape index (κ2) is 6.09. The highest BCUT2D eigenvalue weighted by Crippen LogP contribution is 2.38. The summed E-state index contributed by atoms with van der Waals surface area (Å²) in [7, 11) is -1.92. The minimum Gasteiger partial charge on any atom is -0.543 e. The molecule has 1 aliphatic heterocycles. The van der Waals surface area contributed by atoms with E-state index < -0.39 is 8.32 Å². The lowest BCUT2D eigenvalue weighted by molar-refractivity contribution is 0.454. The van der Waals surface area contributed by atoms with Gasteiger partial charge in [-0.1, -0.05) is 20.8 Å². The summed E-state index contributed by atoms with van der Waals surface area (Å²) in [5.74, 6) is 0.908. The van der Waals surface area contributed by atoms with Gasteiger partial charge in [0.25, 0.3) is 0 Å². The summed E-state index contributed by atoms with van der Waals surface area (Å²) in [4.78, 5) is 0. The van der Waals surface area contributed by atoms with Gasteiger partial charge >= 0.3 is 0 Å². The molecule has 2 nitrogen and oxygen atoms in total. The molecule has 0 bridgehead atoms. The van der Waals surface area contributed by atoms with Crippen molar-refractivity contribution in [3.8, 4) is 5.75 Å². The normalized spacial score (nSPS) is 20.4. The molecule has 1 heterocycles. The van der Waals surface area contributed by atoms with Crippen LogP contribution >= 0.6 is 0 Å². The summed E-state index contributed by atoms with van der Waals surface area (Å²) < 4.78 is 20.2. The predicted octanol–water partition coefficient (Wildman–Crippen LogP) is 4.68. The fourth-order valence-corrected chi connectivity index (χ4v) is 3.48. The van der Waals surface area contributed by atoms with Crippen molar-refractivity contribution in [3.63, 3.8) is 0 Å². The number of halogens is 1. The van der Waals surface area contributed by atoms with E-state index in [0.29, 0.717) is 11.7 Å². The molecule has 1 aromatic carbocycles. The molecule has 1 saturated heterocycles. The molecule has 1 N–H and O–H groups in total. The third kappa shape index (κ3) is 4.07. The van der Waals surface area contributed by atoms with Gasteiger partial charge in [0.1, 0.15) is 11.6 Å². The quantitative estimate of drug-likeness (QED) is 0.819. The van der Waals surface area contributed by atoms with Crippen molar-refractivity contribution in [2.24, 2.45) is 0 Å². The number of benzene rings is 1. The minimum atomic E-state index is -1.92. The van der Waals surface area contributed by atoms with Crippen LogP contribution in [0.1, 0.15) is 45.1 Å². The molecular formula is C17H28FNOSi. The Labute approximate surface area is 129 Å². The lowest BCUT2D eigenvalue weighted by Gasteiger charge is -2.36. The average Bonchev–Trinajstić information content (AvgIpc) is 2.37. The molecule has 0 amide bonds. The Kier molecular flexibility index (Phi) is 4.78. The van der Waals surface area contributed by atoms with Gasteiger partial charge in [0.2, 0.25) is 8.32 Å². The van der Waals surface area contributed by atoms with E-state index >= 15 is 0 Å². The van der Waals surface area contributed by atoms with Gasteiger partial charge in [-0.3, -0.25) is 0 Å². The third-order valence-electron chi connectivity index (χ3n) is 4.84. The first-order valence-corrected chi connectivity index (χ1v) is 10.8. The first kappa shape index (κ1) is 16.5. The third-order valence-corrected chi connectivity index (χ3v) is 9.20. The molecule has 1 aromatic rings. The maximum absolute atomic E-state index is 14.0. The highest BCUT2D eigenvalue weighted by Gasteiger charge is 2.39. The van der Waals surface area contributed by atoms with Crippen LogP contribution in [0.2, 0.25) is 18.1 Å². The second-order valence-electron chi connectivity index (χ2n) is 7.63.